The highest BCUT2D eigenvalue weighted by atomic mass is 35.5. The Morgan fingerprint density at radius 2 is 2.00 bits per heavy atom. The van der Waals surface area contributed by atoms with E-state index in [0.29, 0.717) is 6.42 Å². The molecule has 0 fully saturated rings. The van der Waals surface area contributed by atoms with E-state index in [1.54, 1.807) is 0 Å². The predicted octanol–water partition coefficient (Wildman–Crippen LogP) is 1.63. The van der Waals surface area contributed by atoms with Crippen molar-refractivity contribution in [2.75, 3.05) is 0 Å². The van der Waals surface area contributed by atoms with Crippen LogP contribution in [0.25, 0.3) is 0 Å². The number of hydrogen-bond acceptors (Lipinski definition) is 2. The summed E-state index contributed by atoms with van der Waals surface area (Å²) < 4.78 is 0. The lowest BCUT2D eigenvalue weighted by Gasteiger charge is -2.30. The van der Waals surface area contributed by atoms with Crippen LogP contribution in [0.3, 0.4) is 0 Å². The lowest BCUT2D eigenvalue weighted by molar-refractivity contribution is 0.132. The summed E-state index contributed by atoms with van der Waals surface area (Å²) in [7, 11) is 0. The minimum absolute atomic E-state index is 0. The molecule has 4 heteroatoms. The number of aliphatic hydroxyl groups is 1. The van der Waals surface area contributed by atoms with Gasteiger partial charge < -0.3 is 10.8 Å². The summed E-state index contributed by atoms with van der Waals surface area (Å²) in [5.74, 6) is 0. The molecule has 0 saturated carbocycles. The molecule has 1 aliphatic carbocycles. The van der Waals surface area contributed by atoms with Crippen LogP contribution >= 0.6 is 24.0 Å². The lowest BCUT2D eigenvalue weighted by Crippen LogP contribution is -2.42. The molecule has 2 rings (SSSR count). The Morgan fingerprint density at radius 3 is 2.71 bits per heavy atom. The topological polar surface area (TPSA) is 46.2 Å². The molecule has 1 aromatic rings. The highest BCUT2D eigenvalue weighted by Crippen LogP contribution is 2.33. The van der Waals surface area contributed by atoms with E-state index in [1.807, 2.05) is 24.3 Å². The first-order valence-electron chi connectivity index (χ1n) is 4.35. The minimum Gasteiger partial charge on any atom is -0.390 e. The zero-order valence-corrected chi connectivity index (χ0v) is 9.13. The van der Waals surface area contributed by atoms with Crippen LogP contribution in [-0.4, -0.2) is 17.3 Å². The summed E-state index contributed by atoms with van der Waals surface area (Å²) in [6, 6.07) is 7.61. The number of fused-ring (bicyclic) bond motifs is 1. The number of aliphatic hydroxyl groups excluding tert-OH is 1. The summed E-state index contributed by atoms with van der Waals surface area (Å²) >= 11 is 6.06. The van der Waals surface area contributed by atoms with Crippen molar-refractivity contribution in [2.24, 2.45) is 5.73 Å². The molecule has 78 valence electrons. The number of benzene rings is 1. The molecular weight excluding hydrogens is 221 g/mol. The van der Waals surface area contributed by atoms with Gasteiger partial charge in [0.15, 0.2) is 0 Å². The molecular formula is C10H13Cl2NO. The number of rotatable bonds is 0. The smallest absolute Gasteiger partial charge is 0.0898 e. The van der Waals surface area contributed by atoms with E-state index in [-0.39, 0.29) is 23.8 Å². The highest BCUT2D eigenvalue weighted by molar-refractivity contribution is 6.21. The quantitative estimate of drug-likeness (QED) is 0.670. The van der Waals surface area contributed by atoms with Crippen LogP contribution in [-0.2, 0) is 6.42 Å². The maximum Gasteiger partial charge on any atom is 0.0898 e. The number of halogens is 2. The SMILES string of the molecule is Cl.N[C@@H]1Cc2ccccc2[C@@H](Cl)[C@H]1O. The van der Waals surface area contributed by atoms with Gasteiger partial charge in [0.05, 0.1) is 11.5 Å². The Kier molecular flexibility index (Phi) is 3.78. The zero-order valence-electron chi connectivity index (χ0n) is 7.56. The van der Waals surface area contributed by atoms with E-state index in [2.05, 4.69) is 0 Å². The molecule has 0 heterocycles. The molecule has 0 spiro atoms. The molecule has 14 heavy (non-hydrogen) atoms. The first-order chi connectivity index (χ1) is 6.20. The van der Waals surface area contributed by atoms with E-state index in [4.69, 9.17) is 17.3 Å². The van der Waals surface area contributed by atoms with Crippen molar-refractivity contribution in [3.8, 4) is 0 Å². The van der Waals surface area contributed by atoms with Crippen molar-refractivity contribution in [2.45, 2.75) is 23.9 Å². The summed E-state index contributed by atoms with van der Waals surface area (Å²) in [5, 5.41) is 9.27. The van der Waals surface area contributed by atoms with E-state index < -0.39 is 6.10 Å². The third-order valence-electron chi connectivity index (χ3n) is 2.55. The van der Waals surface area contributed by atoms with Crippen LogP contribution in [0.1, 0.15) is 16.5 Å². The molecule has 2 nitrogen and oxygen atoms in total. The second-order valence-corrected chi connectivity index (χ2v) is 3.93. The van der Waals surface area contributed by atoms with Gasteiger partial charge in [-0.05, 0) is 17.5 Å². The van der Waals surface area contributed by atoms with Gasteiger partial charge in [-0.15, -0.1) is 24.0 Å². The molecule has 3 atom stereocenters. The van der Waals surface area contributed by atoms with Gasteiger partial charge in [-0.25, -0.2) is 0 Å². The van der Waals surface area contributed by atoms with E-state index in [0.717, 1.165) is 11.1 Å². The van der Waals surface area contributed by atoms with Gasteiger partial charge in [0.1, 0.15) is 0 Å². The summed E-state index contributed by atoms with van der Waals surface area (Å²) in [4.78, 5) is 0. The van der Waals surface area contributed by atoms with E-state index >= 15 is 0 Å². The van der Waals surface area contributed by atoms with Gasteiger partial charge in [0, 0.05) is 6.04 Å². The predicted molar refractivity (Wildman–Crippen MR) is 60.0 cm³/mol. The van der Waals surface area contributed by atoms with Gasteiger partial charge in [-0.2, -0.15) is 0 Å². The van der Waals surface area contributed by atoms with Crippen LogP contribution in [0, 0.1) is 0 Å². The minimum atomic E-state index is -0.628. The summed E-state index contributed by atoms with van der Waals surface area (Å²) in [6.07, 6.45) is 0.0807. The number of alkyl halides is 1. The Bertz CT molecular complexity index is 319. The molecule has 3 N–H and O–H groups in total. The second kappa shape index (κ2) is 4.49. The average Bonchev–Trinajstić information content (AvgIpc) is 2.15. The maximum atomic E-state index is 9.64. The monoisotopic (exact) mass is 233 g/mol. The van der Waals surface area contributed by atoms with Crippen molar-refractivity contribution >= 4 is 24.0 Å². The molecule has 0 saturated heterocycles. The summed E-state index contributed by atoms with van der Waals surface area (Å²) in [5.41, 5.74) is 7.91. The zero-order chi connectivity index (χ0) is 9.42. The molecule has 0 radical (unpaired) electrons. The molecule has 0 unspecified atom stereocenters. The van der Waals surface area contributed by atoms with Crippen LogP contribution in [0.15, 0.2) is 24.3 Å². The van der Waals surface area contributed by atoms with Gasteiger partial charge in [-0.1, -0.05) is 24.3 Å². The Morgan fingerprint density at radius 1 is 1.36 bits per heavy atom. The Hall–Kier alpha value is -0.280. The largest absolute Gasteiger partial charge is 0.390 e. The molecule has 0 amide bonds. The van der Waals surface area contributed by atoms with Crippen molar-refractivity contribution in [3.63, 3.8) is 0 Å². The van der Waals surface area contributed by atoms with Gasteiger partial charge in [0.2, 0.25) is 0 Å². The van der Waals surface area contributed by atoms with E-state index in [9.17, 15) is 5.11 Å². The number of hydrogen-bond donors (Lipinski definition) is 2. The standard InChI is InChI=1S/C10H12ClNO.ClH/c11-9-7-4-2-1-3-6(7)5-8(12)10(9)13;/h1-4,8-10,13H,5,12H2;1H/t8-,9-,10+;/m1./s1. The summed E-state index contributed by atoms with van der Waals surface area (Å²) in [6.45, 7) is 0. The highest BCUT2D eigenvalue weighted by Gasteiger charge is 2.31. The Balaban J connectivity index is 0.000000980. The van der Waals surface area contributed by atoms with Crippen LogP contribution in [0.5, 0.6) is 0 Å². The Labute approximate surface area is 94.5 Å². The van der Waals surface area contributed by atoms with Crippen LogP contribution in [0.4, 0.5) is 0 Å². The van der Waals surface area contributed by atoms with Gasteiger partial charge >= 0.3 is 0 Å². The van der Waals surface area contributed by atoms with Crippen molar-refractivity contribution in [1.82, 2.24) is 0 Å². The van der Waals surface area contributed by atoms with E-state index in [1.165, 1.54) is 0 Å². The second-order valence-electron chi connectivity index (χ2n) is 3.46. The van der Waals surface area contributed by atoms with Crippen LogP contribution in [0.2, 0.25) is 0 Å². The maximum absolute atomic E-state index is 9.64. The van der Waals surface area contributed by atoms with Crippen LogP contribution < -0.4 is 5.73 Å². The molecule has 0 aliphatic heterocycles. The number of nitrogens with two attached hydrogens (primary N) is 1. The third kappa shape index (κ3) is 1.89. The molecule has 0 aromatic heterocycles. The first kappa shape index (κ1) is 11.8. The normalized spacial score (nSPS) is 30.4. The fourth-order valence-corrected chi connectivity index (χ4v) is 2.16. The van der Waals surface area contributed by atoms with Gasteiger partial charge in [0.25, 0.3) is 0 Å². The fraction of sp³-hybridized carbons (Fsp3) is 0.400. The first-order valence-corrected chi connectivity index (χ1v) is 4.79. The third-order valence-corrected chi connectivity index (χ3v) is 3.04. The van der Waals surface area contributed by atoms with Crippen molar-refractivity contribution in [1.29, 1.82) is 0 Å². The average molecular weight is 234 g/mol. The fourth-order valence-electron chi connectivity index (χ4n) is 1.76. The van der Waals surface area contributed by atoms with Crippen molar-refractivity contribution in [3.05, 3.63) is 35.4 Å². The lowest BCUT2D eigenvalue weighted by atomic mass is 9.86. The molecule has 1 aromatic carbocycles. The molecule has 0 bridgehead atoms. The molecule has 1 aliphatic rings. The van der Waals surface area contributed by atoms with Gasteiger partial charge in [-0.3, -0.25) is 0 Å². The van der Waals surface area contributed by atoms with Crippen molar-refractivity contribution < 1.29 is 5.11 Å².